The summed E-state index contributed by atoms with van der Waals surface area (Å²) in [7, 11) is 0. The predicted molar refractivity (Wildman–Crippen MR) is 76.2 cm³/mol. The fraction of sp³-hybridized carbons (Fsp3) is 0.250. The molecule has 0 radical (unpaired) electrons. The fourth-order valence-electron chi connectivity index (χ4n) is 1.61. The Morgan fingerprint density at radius 3 is 2.89 bits per heavy atom. The molecule has 1 heterocycles. The maximum Gasteiger partial charge on any atom is 0.313 e. The molecule has 0 fully saturated rings. The summed E-state index contributed by atoms with van der Waals surface area (Å²) in [5.74, 6) is -0.151. The van der Waals surface area contributed by atoms with Crippen LogP contribution in [0.1, 0.15) is 5.82 Å². The standard InChI is InChI=1S/C12H13N3O2S2/c1-8-13-14-12(19-7-11(16)17)15(8)9-4-3-5-10(6-9)18-2/h3-6H,7H2,1-2H3,(H,16,17). The number of nitrogens with zero attached hydrogens (tertiary/aromatic N) is 3. The van der Waals surface area contributed by atoms with E-state index in [0.29, 0.717) is 5.16 Å². The van der Waals surface area contributed by atoms with Crippen molar-refractivity contribution >= 4 is 29.5 Å². The minimum absolute atomic E-state index is 0.0274. The Bertz CT molecular complexity index is 598. The summed E-state index contributed by atoms with van der Waals surface area (Å²) in [5.41, 5.74) is 0.947. The van der Waals surface area contributed by atoms with Crippen molar-refractivity contribution in [3.05, 3.63) is 30.1 Å². The minimum Gasteiger partial charge on any atom is -0.481 e. The summed E-state index contributed by atoms with van der Waals surface area (Å²) < 4.78 is 1.87. The van der Waals surface area contributed by atoms with Crippen LogP contribution in [0.25, 0.3) is 5.69 Å². The topological polar surface area (TPSA) is 68.0 Å². The van der Waals surface area contributed by atoms with Crippen molar-refractivity contribution in [3.8, 4) is 5.69 Å². The van der Waals surface area contributed by atoms with Gasteiger partial charge < -0.3 is 5.11 Å². The van der Waals surface area contributed by atoms with E-state index < -0.39 is 5.97 Å². The first-order chi connectivity index (χ1) is 9.11. The maximum absolute atomic E-state index is 10.6. The SMILES string of the molecule is CSc1cccc(-n2c(C)nnc2SCC(=O)O)c1. The number of aromatic nitrogens is 3. The van der Waals surface area contributed by atoms with Crippen LogP contribution in [-0.2, 0) is 4.79 Å². The molecule has 0 bridgehead atoms. The highest BCUT2D eigenvalue weighted by molar-refractivity contribution is 7.99. The van der Waals surface area contributed by atoms with Crippen molar-refractivity contribution < 1.29 is 9.90 Å². The molecule has 1 aromatic heterocycles. The molecule has 0 aliphatic carbocycles. The highest BCUT2D eigenvalue weighted by Gasteiger charge is 2.13. The molecule has 2 aromatic rings. The lowest BCUT2D eigenvalue weighted by Gasteiger charge is -2.08. The van der Waals surface area contributed by atoms with Gasteiger partial charge in [-0.25, -0.2) is 0 Å². The molecule has 19 heavy (non-hydrogen) atoms. The Kier molecular flexibility index (Phi) is 4.49. The summed E-state index contributed by atoms with van der Waals surface area (Å²) in [6, 6.07) is 7.98. The van der Waals surface area contributed by atoms with Gasteiger partial charge in [-0.1, -0.05) is 17.8 Å². The highest BCUT2D eigenvalue weighted by atomic mass is 32.2. The van der Waals surface area contributed by atoms with E-state index in [4.69, 9.17) is 5.11 Å². The van der Waals surface area contributed by atoms with Gasteiger partial charge in [-0.05, 0) is 31.4 Å². The first-order valence-electron chi connectivity index (χ1n) is 5.53. The first kappa shape index (κ1) is 14.0. The summed E-state index contributed by atoms with van der Waals surface area (Å²) >= 11 is 2.82. The molecule has 0 unspecified atom stereocenters. The first-order valence-corrected chi connectivity index (χ1v) is 7.74. The van der Waals surface area contributed by atoms with E-state index in [0.717, 1.165) is 16.4 Å². The largest absolute Gasteiger partial charge is 0.481 e. The van der Waals surface area contributed by atoms with E-state index in [1.54, 1.807) is 11.8 Å². The predicted octanol–water partition coefficient (Wildman–Crippen LogP) is 2.47. The molecular formula is C12H13N3O2S2. The number of rotatable bonds is 5. The number of aliphatic carboxylic acids is 1. The van der Waals surface area contributed by atoms with E-state index in [1.807, 2.05) is 42.0 Å². The number of benzene rings is 1. The third-order valence-corrected chi connectivity index (χ3v) is 4.07. The van der Waals surface area contributed by atoms with Gasteiger partial charge in [0.25, 0.3) is 0 Å². The average molecular weight is 295 g/mol. The van der Waals surface area contributed by atoms with Gasteiger partial charge in [0.15, 0.2) is 5.16 Å². The average Bonchev–Trinajstić information content (AvgIpc) is 2.77. The smallest absolute Gasteiger partial charge is 0.313 e. The molecule has 1 N–H and O–H groups in total. The Morgan fingerprint density at radius 1 is 1.42 bits per heavy atom. The summed E-state index contributed by atoms with van der Waals surface area (Å²) in [5, 5.41) is 17.4. The molecule has 0 amide bonds. The number of hydrogen-bond donors (Lipinski definition) is 1. The van der Waals surface area contributed by atoms with Crippen LogP contribution in [0.4, 0.5) is 0 Å². The van der Waals surface area contributed by atoms with E-state index >= 15 is 0 Å². The van der Waals surface area contributed by atoms with Crippen molar-refractivity contribution in [1.82, 2.24) is 14.8 Å². The van der Waals surface area contributed by atoms with E-state index in [9.17, 15) is 4.79 Å². The third kappa shape index (κ3) is 3.30. The van der Waals surface area contributed by atoms with Crippen LogP contribution < -0.4 is 0 Å². The van der Waals surface area contributed by atoms with Crippen molar-refractivity contribution in [2.75, 3.05) is 12.0 Å². The molecule has 7 heteroatoms. The highest BCUT2D eigenvalue weighted by Crippen LogP contribution is 2.24. The second-order valence-corrected chi connectivity index (χ2v) is 5.57. The number of aryl methyl sites for hydroxylation is 1. The molecule has 0 aliphatic rings. The van der Waals surface area contributed by atoms with Crippen LogP contribution in [-0.4, -0.2) is 37.8 Å². The molecule has 0 atom stereocenters. The molecular weight excluding hydrogens is 282 g/mol. The van der Waals surface area contributed by atoms with E-state index in [-0.39, 0.29) is 5.75 Å². The summed E-state index contributed by atoms with van der Waals surface area (Å²) in [6.45, 7) is 1.85. The van der Waals surface area contributed by atoms with E-state index in [2.05, 4.69) is 10.2 Å². The molecule has 0 saturated heterocycles. The molecule has 0 spiro atoms. The Labute approximate surface area is 119 Å². The Hall–Kier alpha value is -1.47. The van der Waals surface area contributed by atoms with Gasteiger partial charge in [0.1, 0.15) is 5.82 Å². The van der Waals surface area contributed by atoms with Crippen LogP contribution in [0, 0.1) is 6.92 Å². The van der Waals surface area contributed by atoms with Crippen molar-refractivity contribution in [1.29, 1.82) is 0 Å². The van der Waals surface area contributed by atoms with Crippen LogP contribution in [0.2, 0.25) is 0 Å². The molecule has 1 aromatic carbocycles. The van der Waals surface area contributed by atoms with Crippen molar-refractivity contribution in [2.24, 2.45) is 0 Å². The monoisotopic (exact) mass is 295 g/mol. The molecule has 0 saturated carbocycles. The second-order valence-electron chi connectivity index (χ2n) is 3.75. The minimum atomic E-state index is -0.866. The quantitative estimate of drug-likeness (QED) is 0.855. The van der Waals surface area contributed by atoms with Gasteiger partial charge in [-0.15, -0.1) is 22.0 Å². The normalized spacial score (nSPS) is 10.6. The van der Waals surface area contributed by atoms with Crippen molar-refractivity contribution in [2.45, 2.75) is 17.0 Å². The summed E-state index contributed by atoms with van der Waals surface area (Å²) in [4.78, 5) is 11.8. The Balaban J connectivity index is 2.37. The van der Waals surface area contributed by atoms with E-state index in [1.165, 1.54) is 11.8 Å². The third-order valence-electron chi connectivity index (χ3n) is 2.43. The summed E-state index contributed by atoms with van der Waals surface area (Å²) in [6.07, 6.45) is 2.01. The molecule has 5 nitrogen and oxygen atoms in total. The number of carboxylic acid groups (broad SMARTS) is 1. The van der Waals surface area contributed by atoms with Gasteiger partial charge >= 0.3 is 5.97 Å². The van der Waals surface area contributed by atoms with Gasteiger partial charge in [-0.2, -0.15) is 0 Å². The van der Waals surface area contributed by atoms with Crippen LogP contribution in [0.5, 0.6) is 0 Å². The van der Waals surface area contributed by atoms with Crippen LogP contribution in [0.3, 0.4) is 0 Å². The van der Waals surface area contributed by atoms with Gasteiger partial charge in [-0.3, -0.25) is 9.36 Å². The van der Waals surface area contributed by atoms with Crippen LogP contribution >= 0.6 is 23.5 Å². The lowest BCUT2D eigenvalue weighted by molar-refractivity contribution is -0.133. The zero-order valence-electron chi connectivity index (χ0n) is 10.5. The number of carbonyl (C=O) groups is 1. The molecule has 2 rings (SSSR count). The van der Waals surface area contributed by atoms with Gasteiger partial charge in [0, 0.05) is 4.90 Å². The molecule has 100 valence electrons. The lowest BCUT2D eigenvalue weighted by Crippen LogP contribution is -2.03. The second kappa shape index (κ2) is 6.12. The zero-order valence-corrected chi connectivity index (χ0v) is 12.2. The maximum atomic E-state index is 10.6. The van der Waals surface area contributed by atoms with Gasteiger partial charge in [0.05, 0.1) is 11.4 Å². The fourth-order valence-corrected chi connectivity index (χ4v) is 2.78. The lowest BCUT2D eigenvalue weighted by atomic mass is 10.3. The molecule has 0 aliphatic heterocycles. The van der Waals surface area contributed by atoms with Crippen molar-refractivity contribution in [3.63, 3.8) is 0 Å². The zero-order chi connectivity index (χ0) is 13.8. The van der Waals surface area contributed by atoms with Crippen LogP contribution in [0.15, 0.2) is 34.3 Å². The number of hydrogen-bond acceptors (Lipinski definition) is 5. The number of thioether (sulfide) groups is 2. The Morgan fingerprint density at radius 2 is 2.21 bits per heavy atom. The van der Waals surface area contributed by atoms with Gasteiger partial charge in [0.2, 0.25) is 0 Å². The number of carboxylic acids is 1.